The second-order valence-electron chi connectivity index (χ2n) is 5.72. The van der Waals surface area contributed by atoms with Crippen molar-refractivity contribution >= 4 is 17.6 Å². The average molecular weight is 412 g/mol. The van der Waals surface area contributed by atoms with Gasteiger partial charge in [-0.1, -0.05) is 0 Å². The van der Waals surface area contributed by atoms with Gasteiger partial charge < -0.3 is 14.4 Å². The number of benzene rings is 1. The minimum absolute atomic E-state index is 0.0138. The molecule has 0 aliphatic carbocycles. The van der Waals surface area contributed by atoms with E-state index in [0.717, 1.165) is 23.1 Å². The first-order valence-corrected chi connectivity index (χ1v) is 7.86. The molecular formula is C17H15F3N4O5. The second kappa shape index (κ2) is 8.54. The Hall–Kier alpha value is -3.70. The summed E-state index contributed by atoms with van der Waals surface area (Å²) < 4.78 is 48.2. The summed E-state index contributed by atoms with van der Waals surface area (Å²) in [5.41, 5.74) is -1.52. The van der Waals surface area contributed by atoms with Gasteiger partial charge in [-0.15, -0.1) is 0 Å². The van der Waals surface area contributed by atoms with Crippen LogP contribution in [-0.2, 0) is 10.9 Å². The number of aliphatic imine (C=N–C) groups is 1. The highest BCUT2D eigenvalue weighted by molar-refractivity contribution is 6.04. The van der Waals surface area contributed by atoms with Gasteiger partial charge in [0.2, 0.25) is 11.8 Å². The van der Waals surface area contributed by atoms with Gasteiger partial charge in [-0.3, -0.25) is 10.1 Å². The van der Waals surface area contributed by atoms with E-state index in [1.165, 1.54) is 33.3 Å². The largest absolute Gasteiger partial charge is 0.480 e. The van der Waals surface area contributed by atoms with Crippen LogP contribution < -0.4 is 4.74 Å². The van der Waals surface area contributed by atoms with Crippen molar-refractivity contribution in [2.45, 2.75) is 6.18 Å². The molecule has 9 nitrogen and oxygen atoms in total. The molecule has 2 amide bonds. The van der Waals surface area contributed by atoms with E-state index in [-0.39, 0.29) is 23.1 Å². The van der Waals surface area contributed by atoms with E-state index in [0.29, 0.717) is 6.20 Å². The number of nitrogens with zero attached hydrogens (tertiary/aromatic N) is 4. The first-order chi connectivity index (χ1) is 13.5. The molecular weight excluding hydrogens is 397 g/mol. The van der Waals surface area contributed by atoms with Crippen LogP contribution in [-0.4, -0.2) is 47.9 Å². The molecule has 2 rings (SSSR count). The van der Waals surface area contributed by atoms with Crippen LogP contribution in [0.2, 0.25) is 0 Å². The molecule has 29 heavy (non-hydrogen) atoms. The number of carbonyl (C=O) groups is 1. The Morgan fingerprint density at radius 2 is 1.93 bits per heavy atom. The van der Waals surface area contributed by atoms with Gasteiger partial charge in [0.05, 0.1) is 17.6 Å². The fraction of sp³-hybridized carbons (Fsp3) is 0.235. The zero-order valence-corrected chi connectivity index (χ0v) is 15.4. The minimum Gasteiger partial charge on any atom is -0.480 e. The lowest BCUT2D eigenvalue weighted by Gasteiger charge is -2.11. The lowest BCUT2D eigenvalue weighted by Crippen LogP contribution is -2.20. The van der Waals surface area contributed by atoms with Crippen LogP contribution in [0, 0.1) is 10.1 Å². The number of methoxy groups -OCH3 is 1. The van der Waals surface area contributed by atoms with E-state index in [9.17, 15) is 28.1 Å². The monoisotopic (exact) mass is 412 g/mol. The zero-order chi connectivity index (χ0) is 21.8. The molecule has 1 aromatic carbocycles. The van der Waals surface area contributed by atoms with Crippen LogP contribution in [0.5, 0.6) is 11.6 Å². The number of alkyl halides is 3. The lowest BCUT2D eigenvalue weighted by atomic mass is 10.1. The average Bonchev–Trinajstić information content (AvgIpc) is 2.65. The topological polar surface area (TPSA) is 107 Å². The minimum atomic E-state index is -4.55. The highest BCUT2D eigenvalue weighted by atomic mass is 19.4. The predicted octanol–water partition coefficient (Wildman–Crippen LogP) is 3.88. The molecule has 0 atom stereocenters. The molecule has 1 heterocycles. The van der Waals surface area contributed by atoms with Crippen molar-refractivity contribution in [2.24, 2.45) is 4.99 Å². The highest BCUT2D eigenvalue weighted by Crippen LogP contribution is 2.31. The molecule has 0 saturated carbocycles. The summed E-state index contributed by atoms with van der Waals surface area (Å²) in [4.78, 5) is 30.8. The molecule has 1 aromatic heterocycles. The van der Waals surface area contributed by atoms with Crippen LogP contribution in [0.4, 0.5) is 23.7 Å². The molecule has 0 spiro atoms. The standard InChI is InChI=1S/C17H15F3N4O5/c1-23(2)16(25)22-15(28-3)12-8-11(5-6-13(12)24(26)27)29-14-7-4-10(9-21-14)17(18,19)20/h4-9H,1-3H3. The molecule has 0 bridgehead atoms. The summed E-state index contributed by atoms with van der Waals surface area (Å²) >= 11 is 0. The maximum absolute atomic E-state index is 12.6. The Bertz CT molecular complexity index is 943. The SMILES string of the molecule is COC(=NC(=O)N(C)C)c1cc(Oc2ccc(C(F)(F)F)cn2)ccc1[N+](=O)[O-]. The Kier molecular flexibility index (Phi) is 6.36. The fourth-order valence-electron chi connectivity index (χ4n) is 2.04. The van der Waals surface area contributed by atoms with Gasteiger partial charge in [0.25, 0.3) is 5.69 Å². The van der Waals surface area contributed by atoms with E-state index < -0.39 is 28.4 Å². The number of aromatic nitrogens is 1. The van der Waals surface area contributed by atoms with Crippen molar-refractivity contribution in [3.05, 3.63) is 57.8 Å². The molecule has 0 saturated heterocycles. The Labute approximate surface area is 162 Å². The van der Waals surface area contributed by atoms with Gasteiger partial charge in [-0.2, -0.15) is 18.2 Å². The predicted molar refractivity (Wildman–Crippen MR) is 95.0 cm³/mol. The molecule has 0 radical (unpaired) electrons. The number of halogens is 3. The van der Waals surface area contributed by atoms with Crippen LogP contribution in [0.25, 0.3) is 0 Å². The third-order valence-electron chi connectivity index (χ3n) is 3.45. The number of nitro groups is 1. The maximum atomic E-state index is 12.6. The van der Waals surface area contributed by atoms with Gasteiger partial charge in [0, 0.05) is 38.5 Å². The van der Waals surface area contributed by atoms with Crippen LogP contribution >= 0.6 is 0 Å². The van der Waals surface area contributed by atoms with Crippen molar-refractivity contribution in [3.63, 3.8) is 0 Å². The van der Waals surface area contributed by atoms with Crippen molar-refractivity contribution in [1.82, 2.24) is 9.88 Å². The molecule has 0 aliphatic heterocycles. The molecule has 0 fully saturated rings. The third kappa shape index (κ3) is 5.40. The van der Waals surface area contributed by atoms with Crippen LogP contribution in [0.3, 0.4) is 0 Å². The quantitative estimate of drug-likeness (QED) is 0.327. The van der Waals surface area contributed by atoms with E-state index >= 15 is 0 Å². The molecule has 0 aliphatic rings. The summed E-state index contributed by atoms with van der Waals surface area (Å²) in [5.74, 6) is -0.487. The zero-order valence-electron chi connectivity index (χ0n) is 15.4. The summed E-state index contributed by atoms with van der Waals surface area (Å²) in [6.45, 7) is 0. The number of urea groups is 1. The first-order valence-electron chi connectivity index (χ1n) is 7.86. The molecule has 2 aromatic rings. The van der Waals surface area contributed by atoms with Crippen LogP contribution in [0.15, 0.2) is 41.5 Å². The summed E-state index contributed by atoms with van der Waals surface area (Å²) in [6.07, 6.45) is -3.95. The summed E-state index contributed by atoms with van der Waals surface area (Å²) in [6, 6.07) is 4.55. The third-order valence-corrected chi connectivity index (χ3v) is 3.45. The number of carbonyl (C=O) groups excluding carboxylic acids is 1. The van der Waals surface area contributed by atoms with E-state index in [1.807, 2.05) is 0 Å². The van der Waals surface area contributed by atoms with Gasteiger partial charge in [-0.25, -0.2) is 9.78 Å². The van der Waals surface area contributed by atoms with Crippen LogP contribution in [0.1, 0.15) is 11.1 Å². The van der Waals surface area contributed by atoms with Crippen molar-refractivity contribution in [3.8, 4) is 11.6 Å². The number of hydrogen-bond donors (Lipinski definition) is 0. The van der Waals surface area contributed by atoms with Crippen molar-refractivity contribution in [1.29, 1.82) is 0 Å². The number of hydrogen-bond acceptors (Lipinski definition) is 6. The Morgan fingerprint density at radius 1 is 1.24 bits per heavy atom. The second-order valence-corrected chi connectivity index (χ2v) is 5.72. The van der Waals surface area contributed by atoms with Gasteiger partial charge in [0.1, 0.15) is 11.3 Å². The number of rotatable bonds is 4. The summed E-state index contributed by atoms with van der Waals surface area (Å²) in [5, 5.41) is 11.3. The van der Waals surface area contributed by atoms with E-state index in [2.05, 4.69) is 9.98 Å². The smallest absolute Gasteiger partial charge is 0.417 e. The Balaban J connectivity index is 2.42. The van der Waals surface area contributed by atoms with E-state index in [4.69, 9.17) is 9.47 Å². The van der Waals surface area contributed by atoms with Gasteiger partial charge in [0.15, 0.2) is 0 Å². The van der Waals surface area contributed by atoms with Crippen molar-refractivity contribution < 1.29 is 32.4 Å². The normalized spacial score (nSPS) is 11.7. The van der Waals surface area contributed by atoms with E-state index in [1.54, 1.807) is 0 Å². The molecule has 12 heteroatoms. The first kappa shape index (κ1) is 21.6. The Morgan fingerprint density at radius 3 is 2.41 bits per heavy atom. The summed E-state index contributed by atoms with van der Waals surface area (Å²) in [7, 11) is 4.04. The fourth-order valence-corrected chi connectivity index (χ4v) is 2.04. The maximum Gasteiger partial charge on any atom is 0.417 e. The highest BCUT2D eigenvalue weighted by Gasteiger charge is 2.30. The number of amides is 2. The molecule has 154 valence electrons. The molecule has 0 unspecified atom stereocenters. The van der Waals surface area contributed by atoms with Gasteiger partial charge in [-0.05, 0) is 12.1 Å². The number of pyridine rings is 1. The van der Waals surface area contributed by atoms with Crippen molar-refractivity contribution in [2.75, 3.05) is 21.2 Å². The number of ether oxygens (including phenoxy) is 2. The number of nitro benzene ring substituents is 1. The molecule has 0 N–H and O–H groups in total. The lowest BCUT2D eigenvalue weighted by molar-refractivity contribution is -0.385. The van der Waals surface area contributed by atoms with Gasteiger partial charge >= 0.3 is 12.2 Å².